The first kappa shape index (κ1) is 18.8. The number of benzene rings is 1. The summed E-state index contributed by atoms with van der Waals surface area (Å²) in [5, 5.41) is 9.99. The van der Waals surface area contributed by atoms with Crippen molar-refractivity contribution in [2.75, 3.05) is 27.2 Å². The Morgan fingerprint density at radius 1 is 1.36 bits per heavy atom. The van der Waals surface area contributed by atoms with Crippen molar-refractivity contribution in [2.24, 2.45) is 7.05 Å². The lowest BCUT2D eigenvalue weighted by atomic mass is 10.1. The van der Waals surface area contributed by atoms with Crippen LogP contribution >= 0.6 is 0 Å². The van der Waals surface area contributed by atoms with E-state index >= 15 is 0 Å². The summed E-state index contributed by atoms with van der Waals surface area (Å²) in [6, 6.07) is 7.59. The maximum atomic E-state index is 12.1. The summed E-state index contributed by atoms with van der Waals surface area (Å²) in [7, 11) is 5.85. The first-order valence-corrected chi connectivity index (χ1v) is 8.38. The van der Waals surface area contributed by atoms with Crippen molar-refractivity contribution >= 4 is 6.03 Å². The van der Waals surface area contributed by atoms with E-state index in [1.165, 1.54) is 0 Å². The molecule has 0 bridgehead atoms. The number of rotatable bonds is 8. The van der Waals surface area contributed by atoms with Gasteiger partial charge in [-0.15, -0.1) is 0 Å². The number of urea groups is 1. The molecule has 0 radical (unpaired) electrons. The van der Waals surface area contributed by atoms with Gasteiger partial charge in [-0.05, 0) is 38.7 Å². The molecule has 1 heterocycles. The van der Waals surface area contributed by atoms with Gasteiger partial charge in [0, 0.05) is 31.9 Å². The van der Waals surface area contributed by atoms with Crippen molar-refractivity contribution in [3.8, 4) is 5.75 Å². The second kappa shape index (κ2) is 9.08. The third-order valence-corrected chi connectivity index (χ3v) is 3.85. The number of hydrogen-bond acceptors (Lipinski definition) is 4. The molecule has 1 aromatic carbocycles. The van der Waals surface area contributed by atoms with Gasteiger partial charge < -0.3 is 20.3 Å². The third-order valence-electron chi connectivity index (χ3n) is 3.85. The largest absolute Gasteiger partial charge is 0.494 e. The highest BCUT2D eigenvalue weighted by atomic mass is 16.5. The van der Waals surface area contributed by atoms with Gasteiger partial charge in [-0.2, -0.15) is 5.10 Å². The predicted octanol–water partition coefficient (Wildman–Crippen LogP) is 1.92. The highest BCUT2D eigenvalue weighted by Crippen LogP contribution is 2.16. The lowest BCUT2D eigenvalue weighted by Crippen LogP contribution is -2.40. The van der Waals surface area contributed by atoms with E-state index in [9.17, 15) is 4.79 Å². The van der Waals surface area contributed by atoms with E-state index in [1.54, 1.807) is 4.68 Å². The van der Waals surface area contributed by atoms with E-state index < -0.39 is 0 Å². The number of carbonyl (C=O) groups is 1. The van der Waals surface area contributed by atoms with Crippen LogP contribution in [0.15, 0.2) is 36.7 Å². The summed E-state index contributed by atoms with van der Waals surface area (Å²) in [6.07, 6.45) is 3.78. The van der Waals surface area contributed by atoms with Crippen molar-refractivity contribution in [1.29, 1.82) is 0 Å². The van der Waals surface area contributed by atoms with E-state index in [2.05, 4.69) is 20.6 Å². The molecule has 0 aliphatic heterocycles. The van der Waals surface area contributed by atoms with Crippen LogP contribution in [0, 0.1) is 0 Å². The van der Waals surface area contributed by atoms with Crippen LogP contribution in [0.2, 0.25) is 0 Å². The Morgan fingerprint density at radius 2 is 2.16 bits per heavy atom. The maximum absolute atomic E-state index is 12.1. The number of hydrogen-bond donors (Lipinski definition) is 2. The van der Waals surface area contributed by atoms with E-state index in [0.717, 1.165) is 16.9 Å². The molecule has 0 fully saturated rings. The van der Waals surface area contributed by atoms with E-state index in [1.807, 2.05) is 64.7 Å². The fraction of sp³-hybridized carbons (Fsp3) is 0.444. The Labute approximate surface area is 149 Å². The second-order valence-corrected chi connectivity index (χ2v) is 6.07. The van der Waals surface area contributed by atoms with Crippen LogP contribution in [0.1, 0.15) is 24.1 Å². The number of aromatic nitrogens is 2. The quantitative estimate of drug-likeness (QED) is 0.767. The van der Waals surface area contributed by atoms with Crippen LogP contribution in [-0.2, 0) is 13.6 Å². The molecule has 7 nitrogen and oxygen atoms in total. The Kier molecular flexibility index (Phi) is 6.82. The van der Waals surface area contributed by atoms with Gasteiger partial charge in [0.1, 0.15) is 5.75 Å². The lowest BCUT2D eigenvalue weighted by Gasteiger charge is -2.23. The summed E-state index contributed by atoms with van der Waals surface area (Å²) in [4.78, 5) is 14.2. The zero-order valence-corrected chi connectivity index (χ0v) is 15.3. The summed E-state index contributed by atoms with van der Waals surface area (Å²) in [6.45, 7) is 3.52. The molecule has 0 unspecified atom stereocenters. The maximum Gasteiger partial charge on any atom is 0.315 e. The number of nitrogens with zero attached hydrogens (tertiary/aromatic N) is 3. The molecule has 2 amide bonds. The van der Waals surface area contributed by atoms with Crippen molar-refractivity contribution < 1.29 is 9.53 Å². The number of amides is 2. The average Bonchev–Trinajstić information content (AvgIpc) is 2.99. The first-order valence-electron chi connectivity index (χ1n) is 8.38. The molecule has 2 aromatic rings. The van der Waals surface area contributed by atoms with E-state index in [0.29, 0.717) is 19.7 Å². The first-order chi connectivity index (χ1) is 12.0. The Hall–Kier alpha value is -2.54. The molecule has 136 valence electrons. The van der Waals surface area contributed by atoms with Crippen molar-refractivity contribution in [3.05, 3.63) is 47.8 Å². The highest BCUT2D eigenvalue weighted by Gasteiger charge is 2.16. The van der Waals surface area contributed by atoms with Crippen LogP contribution in [0.3, 0.4) is 0 Å². The number of likely N-dealkylation sites (N-methyl/N-ethyl adjacent to an activating group) is 1. The molecule has 7 heteroatoms. The Morgan fingerprint density at radius 3 is 2.80 bits per heavy atom. The number of carbonyl (C=O) groups excluding carboxylic acids is 1. The SMILES string of the molecule is CCOc1cccc(CNC(=O)NC[C@H](c2cnn(C)c2)N(C)C)c1. The number of ether oxygens (including phenoxy) is 1. The van der Waals surface area contributed by atoms with Gasteiger partial charge in [0.2, 0.25) is 0 Å². The van der Waals surface area contributed by atoms with Crippen LogP contribution in [0.4, 0.5) is 4.79 Å². The van der Waals surface area contributed by atoms with Crippen LogP contribution in [-0.4, -0.2) is 48.0 Å². The molecule has 0 aliphatic rings. The minimum absolute atomic E-state index is 0.0701. The summed E-state index contributed by atoms with van der Waals surface area (Å²) in [5.41, 5.74) is 2.06. The zero-order valence-electron chi connectivity index (χ0n) is 15.3. The van der Waals surface area contributed by atoms with E-state index in [4.69, 9.17) is 4.74 Å². The van der Waals surface area contributed by atoms with E-state index in [-0.39, 0.29) is 12.1 Å². The van der Waals surface area contributed by atoms with Crippen LogP contribution in [0.5, 0.6) is 5.75 Å². The molecule has 0 spiro atoms. The smallest absolute Gasteiger partial charge is 0.315 e. The highest BCUT2D eigenvalue weighted by molar-refractivity contribution is 5.73. The summed E-state index contributed by atoms with van der Waals surface area (Å²) < 4.78 is 7.23. The molecule has 0 saturated carbocycles. The van der Waals surface area contributed by atoms with Gasteiger partial charge in [-0.25, -0.2) is 4.79 Å². The third kappa shape index (κ3) is 5.79. The number of aryl methyl sites for hydroxylation is 1. The van der Waals surface area contributed by atoms with Gasteiger partial charge in [0.25, 0.3) is 0 Å². The standard InChI is InChI=1S/C18H27N5O2/c1-5-25-16-8-6-7-14(9-16)10-19-18(24)20-12-17(22(2)3)15-11-21-23(4)13-15/h6-9,11,13,17H,5,10,12H2,1-4H3,(H2,19,20,24)/t17-/m1/s1. The Balaban J connectivity index is 1.84. The topological polar surface area (TPSA) is 71.4 Å². The second-order valence-electron chi connectivity index (χ2n) is 6.07. The van der Waals surface area contributed by atoms with Gasteiger partial charge in [-0.3, -0.25) is 4.68 Å². The Bertz CT molecular complexity index is 684. The molecule has 2 rings (SSSR count). The van der Waals surface area contributed by atoms with Crippen molar-refractivity contribution in [2.45, 2.75) is 19.5 Å². The minimum atomic E-state index is -0.197. The van der Waals surface area contributed by atoms with Crippen molar-refractivity contribution in [1.82, 2.24) is 25.3 Å². The van der Waals surface area contributed by atoms with Gasteiger partial charge in [0.15, 0.2) is 0 Å². The van der Waals surface area contributed by atoms with Crippen molar-refractivity contribution in [3.63, 3.8) is 0 Å². The van der Waals surface area contributed by atoms with Gasteiger partial charge in [0.05, 0.1) is 18.8 Å². The van der Waals surface area contributed by atoms with Crippen LogP contribution in [0.25, 0.3) is 0 Å². The number of nitrogens with one attached hydrogen (secondary N) is 2. The molecule has 2 N–H and O–H groups in total. The molecular weight excluding hydrogens is 318 g/mol. The monoisotopic (exact) mass is 345 g/mol. The molecule has 1 aromatic heterocycles. The normalized spacial score (nSPS) is 12.0. The van der Waals surface area contributed by atoms with Gasteiger partial charge >= 0.3 is 6.03 Å². The minimum Gasteiger partial charge on any atom is -0.494 e. The summed E-state index contributed by atoms with van der Waals surface area (Å²) in [5.74, 6) is 0.812. The van der Waals surface area contributed by atoms with Gasteiger partial charge in [-0.1, -0.05) is 12.1 Å². The molecular formula is C18H27N5O2. The molecule has 25 heavy (non-hydrogen) atoms. The summed E-state index contributed by atoms with van der Waals surface area (Å²) >= 11 is 0. The molecule has 1 atom stereocenters. The lowest BCUT2D eigenvalue weighted by molar-refractivity contribution is 0.232. The zero-order chi connectivity index (χ0) is 18.2. The average molecular weight is 345 g/mol. The fourth-order valence-corrected chi connectivity index (χ4v) is 2.56. The fourth-order valence-electron chi connectivity index (χ4n) is 2.56. The molecule has 0 saturated heterocycles. The van der Waals surface area contributed by atoms with Crippen LogP contribution < -0.4 is 15.4 Å². The molecule has 0 aliphatic carbocycles. The predicted molar refractivity (Wildman–Crippen MR) is 97.5 cm³/mol.